The highest BCUT2D eigenvalue weighted by Crippen LogP contribution is 2.60. The molecule has 0 aromatic heterocycles. The Morgan fingerprint density at radius 2 is 1.81 bits per heavy atom. The number of imide groups is 1. The molecule has 8 heteroatoms. The molecule has 2 aromatic rings. The van der Waals surface area contributed by atoms with Crippen molar-refractivity contribution in [2.75, 3.05) is 16.8 Å². The van der Waals surface area contributed by atoms with E-state index in [4.69, 9.17) is 4.74 Å². The molecule has 0 bridgehead atoms. The van der Waals surface area contributed by atoms with Gasteiger partial charge in [0.2, 0.25) is 17.7 Å². The molecular weight excluding hydrogens is 410 g/mol. The third kappa shape index (κ3) is 2.25. The van der Waals surface area contributed by atoms with Gasteiger partial charge in [-0.2, -0.15) is 0 Å². The number of ether oxygens (including phenoxy) is 1. The molecule has 3 saturated heterocycles. The smallest absolute Gasteiger partial charge is 0.308 e. The fraction of sp³-hybridized carbons (Fsp3) is 0.333. The maximum absolute atomic E-state index is 13.8. The van der Waals surface area contributed by atoms with Gasteiger partial charge in [0.05, 0.1) is 17.5 Å². The molecule has 4 aliphatic heterocycles. The molecule has 4 heterocycles. The van der Waals surface area contributed by atoms with Crippen molar-refractivity contribution >= 4 is 35.1 Å². The molecule has 1 spiro atoms. The maximum Gasteiger partial charge on any atom is 0.308 e. The van der Waals surface area contributed by atoms with Gasteiger partial charge in [-0.05, 0) is 49.7 Å². The van der Waals surface area contributed by atoms with Crippen LogP contribution in [0.15, 0.2) is 48.5 Å². The minimum atomic E-state index is -1.17. The highest BCUT2D eigenvalue weighted by molar-refractivity contribution is 6.25. The second-order valence-electron chi connectivity index (χ2n) is 8.77. The van der Waals surface area contributed by atoms with Crippen LogP contribution in [0.25, 0.3) is 0 Å². The molecule has 2 aromatic carbocycles. The molecule has 8 nitrogen and oxygen atoms in total. The van der Waals surface area contributed by atoms with Crippen LogP contribution in [0.3, 0.4) is 0 Å². The van der Waals surface area contributed by atoms with Crippen LogP contribution in [0.4, 0.5) is 11.4 Å². The van der Waals surface area contributed by atoms with Crippen molar-refractivity contribution in [3.8, 4) is 5.75 Å². The van der Waals surface area contributed by atoms with Crippen molar-refractivity contribution in [1.29, 1.82) is 0 Å². The van der Waals surface area contributed by atoms with Gasteiger partial charge < -0.3 is 10.1 Å². The number of esters is 1. The van der Waals surface area contributed by atoms with Crippen LogP contribution < -0.4 is 15.0 Å². The summed E-state index contributed by atoms with van der Waals surface area (Å²) in [6.07, 6.45) is 1.65. The lowest BCUT2D eigenvalue weighted by atomic mass is 9.75. The SMILES string of the molecule is CC(=O)Oc1ccc(N2C(=O)[C@@H]3[C@H]4CCCN4[C@@]4(C(=O)Nc5ccccc54)[C@@H]3C2=O)cc1. The first-order valence-corrected chi connectivity index (χ1v) is 10.8. The van der Waals surface area contributed by atoms with Gasteiger partial charge in [-0.25, -0.2) is 4.90 Å². The second-order valence-corrected chi connectivity index (χ2v) is 8.77. The average molecular weight is 431 g/mol. The molecule has 6 rings (SSSR count). The summed E-state index contributed by atoms with van der Waals surface area (Å²) in [5, 5.41) is 2.96. The summed E-state index contributed by atoms with van der Waals surface area (Å²) in [7, 11) is 0. The number of nitrogens with zero attached hydrogens (tertiary/aromatic N) is 2. The van der Waals surface area contributed by atoms with E-state index in [0.717, 1.165) is 18.4 Å². The van der Waals surface area contributed by atoms with Crippen molar-refractivity contribution in [3.63, 3.8) is 0 Å². The van der Waals surface area contributed by atoms with Crippen molar-refractivity contribution in [2.45, 2.75) is 31.3 Å². The molecule has 1 N–H and O–H groups in total. The van der Waals surface area contributed by atoms with E-state index in [-0.39, 0.29) is 23.8 Å². The summed E-state index contributed by atoms with van der Waals surface area (Å²) in [6.45, 7) is 1.98. The van der Waals surface area contributed by atoms with E-state index < -0.39 is 23.3 Å². The monoisotopic (exact) mass is 431 g/mol. The van der Waals surface area contributed by atoms with Crippen LogP contribution in [-0.4, -0.2) is 41.2 Å². The third-order valence-electron chi connectivity index (χ3n) is 7.26. The molecule has 0 radical (unpaired) electrons. The zero-order chi connectivity index (χ0) is 22.2. The van der Waals surface area contributed by atoms with Gasteiger partial charge >= 0.3 is 5.97 Å². The predicted molar refractivity (Wildman–Crippen MR) is 114 cm³/mol. The van der Waals surface area contributed by atoms with Crippen molar-refractivity contribution in [3.05, 3.63) is 54.1 Å². The quantitative estimate of drug-likeness (QED) is 0.444. The Morgan fingerprint density at radius 1 is 1.06 bits per heavy atom. The summed E-state index contributed by atoms with van der Waals surface area (Å²) in [5.74, 6) is -2.33. The van der Waals surface area contributed by atoms with Crippen molar-refractivity contribution < 1.29 is 23.9 Å². The first-order chi connectivity index (χ1) is 15.4. The second kappa shape index (κ2) is 6.49. The zero-order valence-corrected chi connectivity index (χ0v) is 17.4. The molecule has 4 atom stereocenters. The lowest BCUT2D eigenvalue weighted by Gasteiger charge is -2.36. The normalized spacial score (nSPS) is 30.5. The van der Waals surface area contributed by atoms with E-state index >= 15 is 0 Å². The average Bonchev–Trinajstić information content (AvgIpc) is 3.47. The van der Waals surface area contributed by atoms with Gasteiger partial charge in [-0.3, -0.25) is 24.1 Å². The van der Waals surface area contributed by atoms with Crippen LogP contribution in [0.2, 0.25) is 0 Å². The zero-order valence-electron chi connectivity index (χ0n) is 17.4. The Kier molecular flexibility index (Phi) is 3.89. The van der Waals surface area contributed by atoms with Gasteiger partial charge in [0.1, 0.15) is 11.3 Å². The molecule has 0 saturated carbocycles. The molecule has 0 aliphatic carbocycles. The lowest BCUT2D eigenvalue weighted by molar-refractivity contribution is -0.135. The predicted octanol–water partition coefficient (Wildman–Crippen LogP) is 2.04. The molecular formula is C24H21N3O5. The van der Waals surface area contributed by atoms with E-state index in [2.05, 4.69) is 10.2 Å². The topological polar surface area (TPSA) is 96.0 Å². The fourth-order valence-corrected chi connectivity index (χ4v) is 6.24. The molecule has 0 unspecified atom stereocenters. The van der Waals surface area contributed by atoms with E-state index in [0.29, 0.717) is 23.7 Å². The van der Waals surface area contributed by atoms with Gasteiger partial charge in [0.25, 0.3) is 0 Å². The highest BCUT2D eigenvalue weighted by atomic mass is 16.5. The summed E-state index contributed by atoms with van der Waals surface area (Å²) in [4.78, 5) is 55.4. The number of fused-ring (bicyclic) bond motifs is 7. The largest absolute Gasteiger partial charge is 0.427 e. The van der Waals surface area contributed by atoms with Crippen molar-refractivity contribution in [2.24, 2.45) is 11.8 Å². The van der Waals surface area contributed by atoms with Crippen LogP contribution in [0.5, 0.6) is 5.75 Å². The minimum absolute atomic E-state index is 0.154. The van der Waals surface area contributed by atoms with Gasteiger partial charge in [0.15, 0.2) is 0 Å². The summed E-state index contributed by atoms with van der Waals surface area (Å²) < 4.78 is 5.06. The number of para-hydroxylation sites is 1. The van der Waals surface area contributed by atoms with Gasteiger partial charge in [-0.1, -0.05) is 18.2 Å². The molecule has 3 fully saturated rings. The standard InChI is InChI=1S/C24H21N3O5/c1-13(28)32-15-10-8-14(9-11-15)27-21(29)19-18-7-4-12-26(18)24(20(19)22(27)30)16-5-2-3-6-17(16)25-23(24)31/h2-3,5-6,8-11,18-20H,4,7,12H2,1H3,(H,25,31)/t18-,19-,20+,24-/m1/s1. The van der Waals surface area contributed by atoms with Crippen LogP contribution in [0, 0.1) is 11.8 Å². The summed E-state index contributed by atoms with van der Waals surface area (Å²) in [6, 6.07) is 13.6. The van der Waals surface area contributed by atoms with E-state index in [1.54, 1.807) is 24.3 Å². The molecule has 32 heavy (non-hydrogen) atoms. The fourth-order valence-electron chi connectivity index (χ4n) is 6.24. The van der Waals surface area contributed by atoms with Gasteiger partial charge in [-0.15, -0.1) is 0 Å². The van der Waals surface area contributed by atoms with E-state index in [1.807, 2.05) is 24.3 Å². The first-order valence-electron chi connectivity index (χ1n) is 10.8. The number of carbonyl (C=O) groups is 4. The summed E-state index contributed by atoms with van der Waals surface area (Å²) in [5.41, 5.74) is 0.726. The maximum atomic E-state index is 13.8. The molecule has 162 valence electrons. The van der Waals surface area contributed by atoms with E-state index in [9.17, 15) is 19.2 Å². The van der Waals surface area contributed by atoms with Gasteiger partial charge in [0, 0.05) is 24.2 Å². The number of nitrogens with one attached hydrogen (secondary N) is 1. The Labute approximate surface area is 184 Å². The Bertz CT molecular complexity index is 1190. The Balaban J connectivity index is 1.46. The number of rotatable bonds is 2. The number of carbonyl (C=O) groups excluding carboxylic acids is 4. The molecule has 4 aliphatic rings. The minimum Gasteiger partial charge on any atom is -0.427 e. The first kappa shape index (κ1) is 19.2. The third-order valence-corrected chi connectivity index (χ3v) is 7.26. The Morgan fingerprint density at radius 3 is 2.56 bits per heavy atom. The van der Waals surface area contributed by atoms with Crippen molar-refractivity contribution in [1.82, 2.24) is 4.90 Å². The number of hydrogen-bond acceptors (Lipinski definition) is 6. The molecule has 3 amide bonds. The van der Waals surface area contributed by atoms with Crippen LogP contribution in [0.1, 0.15) is 25.3 Å². The number of benzene rings is 2. The van der Waals surface area contributed by atoms with E-state index in [1.165, 1.54) is 11.8 Å². The number of amides is 3. The number of hydrogen-bond donors (Lipinski definition) is 1. The van der Waals surface area contributed by atoms with Crippen LogP contribution in [-0.2, 0) is 24.7 Å². The number of anilines is 2. The Hall–Kier alpha value is -3.52. The lowest BCUT2D eigenvalue weighted by Crippen LogP contribution is -2.54. The summed E-state index contributed by atoms with van der Waals surface area (Å²) >= 11 is 0. The highest BCUT2D eigenvalue weighted by Gasteiger charge is 2.74. The van der Waals surface area contributed by atoms with Crippen LogP contribution >= 0.6 is 0 Å².